The molecule has 0 unspecified atom stereocenters. The molecule has 1 saturated carbocycles. The average molecular weight is 375 g/mol. The van der Waals surface area contributed by atoms with Crippen molar-refractivity contribution in [3.05, 3.63) is 71.9 Å². The van der Waals surface area contributed by atoms with Crippen LogP contribution in [0.4, 0.5) is 0 Å². The highest BCUT2D eigenvalue weighted by molar-refractivity contribution is 5.97. The largest absolute Gasteiger partial charge is 0.452 e. The summed E-state index contributed by atoms with van der Waals surface area (Å²) in [5.74, 6) is -0.841. The molecule has 2 aromatic carbocycles. The van der Waals surface area contributed by atoms with Crippen molar-refractivity contribution in [3.8, 4) is 16.9 Å². The Morgan fingerprint density at radius 2 is 1.82 bits per heavy atom. The molecule has 1 N–H and O–H groups in total. The van der Waals surface area contributed by atoms with Gasteiger partial charge in [0.25, 0.3) is 5.91 Å². The molecular formula is C22H21N3O3. The summed E-state index contributed by atoms with van der Waals surface area (Å²) in [5, 5.41) is 7.41. The first-order chi connectivity index (χ1) is 13.6. The van der Waals surface area contributed by atoms with Gasteiger partial charge in [0.1, 0.15) is 11.3 Å². The van der Waals surface area contributed by atoms with Gasteiger partial charge >= 0.3 is 5.97 Å². The van der Waals surface area contributed by atoms with Crippen LogP contribution in [0.1, 0.15) is 28.8 Å². The van der Waals surface area contributed by atoms with Gasteiger partial charge in [-0.1, -0.05) is 48.0 Å². The fourth-order valence-electron chi connectivity index (χ4n) is 2.87. The van der Waals surface area contributed by atoms with E-state index < -0.39 is 5.97 Å². The average Bonchev–Trinajstić information content (AvgIpc) is 3.41. The molecule has 0 atom stereocenters. The van der Waals surface area contributed by atoms with E-state index in [1.54, 1.807) is 10.9 Å². The fraction of sp³-hybridized carbons (Fsp3) is 0.227. The van der Waals surface area contributed by atoms with Gasteiger partial charge in [-0.15, -0.1) is 0 Å². The predicted octanol–water partition coefficient (Wildman–Crippen LogP) is 3.28. The molecule has 0 saturated heterocycles. The van der Waals surface area contributed by atoms with E-state index in [9.17, 15) is 9.59 Å². The topological polar surface area (TPSA) is 73.2 Å². The Kier molecular flexibility index (Phi) is 4.93. The lowest BCUT2D eigenvalue weighted by Gasteiger charge is -2.06. The van der Waals surface area contributed by atoms with Crippen molar-refractivity contribution in [3.63, 3.8) is 0 Å². The highest BCUT2D eigenvalue weighted by Crippen LogP contribution is 2.25. The molecule has 1 aliphatic carbocycles. The molecule has 0 spiro atoms. The molecule has 142 valence electrons. The number of hydrogen-bond donors (Lipinski definition) is 1. The smallest absolute Gasteiger partial charge is 0.342 e. The van der Waals surface area contributed by atoms with Crippen LogP contribution in [0.15, 0.2) is 60.8 Å². The maximum Gasteiger partial charge on any atom is 0.342 e. The Labute approximate surface area is 163 Å². The third-order valence-electron chi connectivity index (χ3n) is 4.56. The zero-order chi connectivity index (χ0) is 19.5. The molecule has 0 bridgehead atoms. The highest BCUT2D eigenvalue weighted by atomic mass is 16.5. The number of nitrogens with zero attached hydrogens (tertiary/aromatic N) is 2. The number of para-hydroxylation sites is 1. The zero-order valence-electron chi connectivity index (χ0n) is 15.6. The van der Waals surface area contributed by atoms with E-state index in [1.165, 1.54) is 0 Å². The Balaban J connectivity index is 1.61. The SMILES string of the molecule is Cc1ccc(-c2nn(-c3ccccc3)cc2C(=O)OCC(=O)NC2CC2)cc1. The standard InChI is InChI=1S/C22H21N3O3/c1-15-7-9-16(10-8-15)21-19(13-25(24-21)18-5-3-2-4-6-18)22(27)28-14-20(26)23-17-11-12-17/h2-10,13,17H,11-12,14H2,1H3,(H,23,26). The van der Waals surface area contributed by atoms with Gasteiger partial charge in [0.05, 0.1) is 5.69 Å². The van der Waals surface area contributed by atoms with Gasteiger partial charge in [-0.2, -0.15) is 5.10 Å². The first kappa shape index (κ1) is 18.0. The number of carbonyl (C=O) groups is 2. The van der Waals surface area contributed by atoms with Crippen LogP contribution in [0, 0.1) is 6.92 Å². The maximum atomic E-state index is 12.7. The number of aromatic nitrogens is 2. The lowest BCUT2D eigenvalue weighted by molar-refractivity contribution is -0.124. The van der Waals surface area contributed by atoms with Crippen molar-refractivity contribution < 1.29 is 14.3 Å². The van der Waals surface area contributed by atoms with Crippen LogP contribution in [0.2, 0.25) is 0 Å². The second kappa shape index (κ2) is 7.68. The van der Waals surface area contributed by atoms with E-state index in [4.69, 9.17) is 4.74 Å². The van der Waals surface area contributed by atoms with E-state index in [0.29, 0.717) is 11.3 Å². The molecule has 6 nitrogen and oxygen atoms in total. The summed E-state index contributed by atoms with van der Waals surface area (Å²) < 4.78 is 6.90. The number of carbonyl (C=O) groups excluding carboxylic acids is 2. The quantitative estimate of drug-likeness (QED) is 0.671. The number of ether oxygens (including phenoxy) is 1. The van der Waals surface area contributed by atoms with Crippen LogP contribution in [0.25, 0.3) is 16.9 Å². The molecule has 1 aromatic heterocycles. The van der Waals surface area contributed by atoms with Crippen LogP contribution in [-0.2, 0) is 9.53 Å². The third kappa shape index (κ3) is 4.11. The molecule has 1 amide bonds. The minimum atomic E-state index is -0.566. The first-order valence-corrected chi connectivity index (χ1v) is 9.29. The van der Waals surface area contributed by atoms with Crippen LogP contribution in [0.3, 0.4) is 0 Å². The second-order valence-corrected chi connectivity index (χ2v) is 6.96. The Morgan fingerprint density at radius 1 is 1.11 bits per heavy atom. The molecular weight excluding hydrogens is 354 g/mol. The Bertz CT molecular complexity index is 990. The zero-order valence-corrected chi connectivity index (χ0v) is 15.6. The third-order valence-corrected chi connectivity index (χ3v) is 4.56. The maximum absolute atomic E-state index is 12.7. The lowest BCUT2D eigenvalue weighted by Crippen LogP contribution is -2.30. The number of aryl methyl sites for hydroxylation is 1. The number of esters is 1. The number of amides is 1. The monoisotopic (exact) mass is 375 g/mol. The van der Waals surface area contributed by atoms with Crippen molar-refractivity contribution in [2.45, 2.75) is 25.8 Å². The number of rotatable bonds is 6. The molecule has 1 heterocycles. The fourth-order valence-corrected chi connectivity index (χ4v) is 2.87. The van der Waals surface area contributed by atoms with Gasteiger partial charge in [-0.05, 0) is 31.9 Å². The van der Waals surface area contributed by atoms with Crippen LogP contribution < -0.4 is 5.32 Å². The highest BCUT2D eigenvalue weighted by Gasteiger charge is 2.25. The minimum Gasteiger partial charge on any atom is -0.452 e. The summed E-state index contributed by atoms with van der Waals surface area (Å²) in [5.41, 5.74) is 3.62. The molecule has 28 heavy (non-hydrogen) atoms. The van der Waals surface area contributed by atoms with E-state index >= 15 is 0 Å². The van der Waals surface area contributed by atoms with Gasteiger partial charge in [0.15, 0.2) is 6.61 Å². The van der Waals surface area contributed by atoms with E-state index in [0.717, 1.165) is 29.7 Å². The molecule has 0 aliphatic heterocycles. The van der Waals surface area contributed by atoms with E-state index in [2.05, 4.69) is 10.4 Å². The van der Waals surface area contributed by atoms with Crippen LogP contribution >= 0.6 is 0 Å². The van der Waals surface area contributed by atoms with Gasteiger partial charge < -0.3 is 10.1 Å². The number of benzene rings is 2. The summed E-state index contributed by atoms with van der Waals surface area (Å²) in [7, 11) is 0. The van der Waals surface area contributed by atoms with Crippen molar-refractivity contribution in [1.29, 1.82) is 0 Å². The first-order valence-electron chi connectivity index (χ1n) is 9.29. The van der Waals surface area contributed by atoms with Crippen molar-refractivity contribution in [2.75, 3.05) is 6.61 Å². The molecule has 1 aliphatic rings. The predicted molar refractivity (Wildman–Crippen MR) is 105 cm³/mol. The van der Waals surface area contributed by atoms with Crippen LogP contribution in [-0.4, -0.2) is 34.3 Å². The lowest BCUT2D eigenvalue weighted by atomic mass is 10.1. The summed E-state index contributed by atoms with van der Waals surface area (Å²) >= 11 is 0. The van der Waals surface area contributed by atoms with Crippen molar-refractivity contribution in [1.82, 2.24) is 15.1 Å². The normalized spacial score (nSPS) is 13.2. The van der Waals surface area contributed by atoms with Gasteiger partial charge in [0, 0.05) is 17.8 Å². The summed E-state index contributed by atoms with van der Waals surface area (Å²) in [6, 6.07) is 17.5. The van der Waals surface area contributed by atoms with Gasteiger partial charge in [-0.25, -0.2) is 9.48 Å². The van der Waals surface area contributed by atoms with Crippen molar-refractivity contribution >= 4 is 11.9 Å². The molecule has 4 rings (SSSR count). The van der Waals surface area contributed by atoms with Crippen molar-refractivity contribution in [2.24, 2.45) is 0 Å². The Morgan fingerprint density at radius 3 is 2.50 bits per heavy atom. The molecule has 1 fully saturated rings. The second-order valence-electron chi connectivity index (χ2n) is 6.96. The van der Waals surface area contributed by atoms with Gasteiger partial charge in [-0.3, -0.25) is 4.79 Å². The summed E-state index contributed by atoms with van der Waals surface area (Å²) in [4.78, 5) is 24.5. The molecule has 3 aromatic rings. The van der Waals surface area contributed by atoms with E-state index in [1.807, 2.05) is 61.5 Å². The Hall–Kier alpha value is -3.41. The summed E-state index contributed by atoms with van der Waals surface area (Å²) in [6.07, 6.45) is 3.62. The number of hydrogen-bond acceptors (Lipinski definition) is 4. The van der Waals surface area contributed by atoms with Crippen LogP contribution in [0.5, 0.6) is 0 Å². The number of nitrogens with one attached hydrogen (secondary N) is 1. The summed E-state index contributed by atoms with van der Waals surface area (Å²) in [6.45, 7) is 1.71. The van der Waals surface area contributed by atoms with Gasteiger partial charge in [0.2, 0.25) is 0 Å². The molecule has 0 radical (unpaired) electrons. The molecule has 6 heteroatoms. The van der Waals surface area contributed by atoms with E-state index in [-0.39, 0.29) is 18.6 Å². The minimum absolute atomic E-state index is 0.232.